The fourth-order valence-electron chi connectivity index (χ4n) is 4.85. The summed E-state index contributed by atoms with van der Waals surface area (Å²) in [7, 11) is 2.18. The predicted molar refractivity (Wildman–Crippen MR) is 118 cm³/mol. The molecule has 164 valence electrons. The summed E-state index contributed by atoms with van der Waals surface area (Å²) >= 11 is 0. The van der Waals surface area contributed by atoms with Gasteiger partial charge in [0.05, 0.1) is 6.21 Å². The highest BCUT2D eigenvalue weighted by Gasteiger charge is 2.46. The number of carbonyl (C=O) groups is 1. The lowest BCUT2D eigenvalue weighted by atomic mass is 9.92. The highest BCUT2D eigenvalue weighted by atomic mass is 16.6. The van der Waals surface area contributed by atoms with Gasteiger partial charge in [0.25, 0.3) is 0 Å². The predicted octanol–water partition coefficient (Wildman–Crippen LogP) is 3.44. The minimum Gasteiger partial charge on any atom is -0.444 e. The number of piperidine rings is 2. The van der Waals surface area contributed by atoms with E-state index in [0.717, 1.165) is 44.5 Å². The third-order valence-corrected chi connectivity index (χ3v) is 6.49. The summed E-state index contributed by atoms with van der Waals surface area (Å²) in [4.78, 5) is 16.7. The number of hydrogen-bond acceptors (Lipinski definition) is 5. The van der Waals surface area contributed by atoms with E-state index in [1.165, 1.54) is 5.69 Å². The third kappa shape index (κ3) is 4.16. The van der Waals surface area contributed by atoms with Gasteiger partial charge in [0.2, 0.25) is 5.69 Å². The standard InChI is InChI=1S/C22H35N6O2/c1-22(2,3)30-21(29)27-13-8-18(9-14-27)28(15-5-10-24-28)19-16-23-25-20(19)17-6-11-26(4)12-7-17/h5,10,15-18H,6-9,11-14H2,1-4H3,(H,23,25)/q+1. The molecule has 8 heteroatoms. The van der Waals surface area contributed by atoms with Crippen LogP contribution >= 0.6 is 0 Å². The fraction of sp³-hybridized carbons (Fsp3) is 0.682. The number of likely N-dealkylation sites (tertiary alicyclic amines) is 2. The molecule has 1 N–H and O–H groups in total. The lowest BCUT2D eigenvalue weighted by Gasteiger charge is -2.40. The van der Waals surface area contributed by atoms with E-state index in [4.69, 9.17) is 9.84 Å². The van der Waals surface area contributed by atoms with E-state index in [9.17, 15) is 4.79 Å². The van der Waals surface area contributed by atoms with Gasteiger partial charge < -0.3 is 14.5 Å². The molecule has 8 nitrogen and oxygen atoms in total. The molecule has 0 aromatic carbocycles. The molecular weight excluding hydrogens is 380 g/mol. The number of aromatic amines is 1. The Morgan fingerprint density at radius 1 is 1.17 bits per heavy atom. The van der Waals surface area contributed by atoms with Gasteiger partial charge in [-0.3, -0.25) is 5.10 Å². The summed E-state index contributed by atoms with van der Waals surface area (Å²) in [6.45, 7) is 9.31. The highest BCUT2D eigenvalue weighted by molar-refractivity contribution is 5.76. The van der Waals surface area contributed by atoms with Gasteiger partial charge in [-0.15, -0.1) is 4.59 Å². The molecule has 0 saturated carbocycles. The molecule has 1 aromatic heterocycles. The van der Waals surface area contributed by atoms with Gasteiger partial charge in [-0.05, 0) is 53.8 Å². The molecule has 2 fully saturated rings. The third-order valence-electron chi connectivity index (χ3n) is 6.49. The van der Waals surface area contributed by atoms with Crippen LogP contribution in [0.25, 0.3) is 0 Å². The summed E-state index contributed by atoms with van der Waals surface area (Å²) in [6.07, 6.45) is 11.9. The largest absolute Gasteiger partial charge is 0.444 e. The van der Waals surface area contributed by atoms with Crippen molar-refractivity contribution in [1.29, 1.82) is 0 Å². The van der Waals surface area contributed by atoms with Crippen molar-refractivity contribution in [3.05, 3.63) is 24.2 Å². The second-order valence-corrected chi connectivity index (χ2v) is 9.79. The maximum atomic E-state index is 12.5. The first-order valence-electron chi connectivity index (χ1n) is 11.1. The SMILES string of the molecule is CN1CCC(c2[nH]ncc2[N+]2(C3CCN(C(=O)OC(C)(C)C)CC3)C=CC=N2)CC1. The number of ether oxygens (including phenoxy) is 1. The molecule has 3 aliphatic rings. The lowest BCUT2D eigenvalue weighted by Crippen LogP contribution is -2.54. The Bertz CT molecular complexity index is 796. The molecule has 0 bridgehead atoms. The van der Waals surface area contributed by atoms with E-state index in [1.807, 2.05) is 44.2 Å². The Morgan fingerprint density at radius 3 is 2.47 bits per heavy atom. The van der Waals surface area contributed by atoms with Gasteiger partial charge >= 0.3 is 6.09 Å². The second-order valence-electron chi connectivity index (χ2n) is 9.79. The van der Waals surface area contributed by atoms with Crippen LogP contribution in [-0.4, -0.2) is 77.2 Å². The van der Waals surface area contributed by atoms with Gasteiger partial charge in [-0.25, -0.2) is 4.79 Å². The number of allylic oxidation sites excluding steroid dienone is 1. The monoisotopic (exact) mass is 415 g/mol. The van der Waals surface area contributed by atoms with Crippen molar-refractivity contribution < 1.29 is 9.53 Å². The van der Waals surface area contributed by atoms with Crippen molar-refractivity contribution in [2.45, 2.75) is 64.0 Å². The first-order chi connectivity index (χ1) is 14.3. The molecule has 2 saturated heterocycles. The summed E-state index contributed by atoms with van der Waals surface area (Å²) in [5.41, 5.74) is 1.91. The van der Waals surface area contributed by atoms with Crippen LogP contribution in [0.1, 0.15) is 58.1 Å². The van der Waals surface area contributed by atoms with Crippen molar-refractivity contribution in [2.75, 3.05) is 33.2 Å². The van der Waals surface area contributed by atoms with E-state index >= 15 is 0 Å². The van der Waals surface area contributed by atoms with E-state index in [0.29, 0.717) is 23.6 Å². The summed E-state index contributed by atoms with van der Waals surface area (Å²) < 4.78 is 6.02. The lowest BCUT2D eigenvalue weighted by molar-refractivity contribution is 0.0169. The summed E-state index contributed by atoms with van der Waals surface area (Å²) in [5.74, 6) is 0.486. The number of hydrogen-bond donors (Lipinski definition) is 1. The number of amides is 1. The normalized spacial score (nSPS) is 26.5. The van der Waals surface area contributed by atoms with Crippen LogP contribution in [0.15, 0.2) is 23.6 Å². The first-order valence-corrected chi connectivity index (χ1v) is 11.1. The van der Waals surface area contributed by atoms with Gasteiger partial charge in [0, 0.05) is 37.9 Å². The Kier molecular flexibility index (Phi) is 5.72. The van der Waals surface area contributed by atoms with E-state index in [-0.39, 0.29) is 12.1 Å². The minimum atomic E-state index is -0.469. The smallest absolute Gasteiger partial charge is 0.410 e. The molecular formula is C22H35N6O2+. The molecule has 4 rings (SSSR count). The number of nitrogens with zero attached hydrogens (tertiary/aromatic N) is 5. The van der Waals surface area contributed by atoms with Crippen LogP contribution in [0, 0.1) is 0 Å². The average Bonchev–Trinajstić information content (AvgIpc) is 3.38. The van der Waals surface area contributed by atoms with E-state index in [2.05, 4.69) is 28.3 Å². The molecule has 1 unspecified atom stereocenters. The van der Waals surface area contributed by atoms with E-state index < -0.39 is 5.60 Å². The van der Waals surface area contributed by atoms with Crippen LogP contribution < -0.4 is 4.59 Å². The van der Waals surface area contributed by atoms with Crippen LogP contribution in [-0.2, 0) is 4.74 Å². The molecule has 1 atom stereocenters. The maximum Gasteiger partial charge on any atom is 0.410 e. The molecule has 1 aromatic rings. The van der Waals surface area contributed by atoms with Gasteiger partial charge in [-0.1, -0.05) is 5.10 Å². The van der Waals surface area contributed by atoms with Crippen molar-refractivity contribution in [2.24, 2.45) is 5.10 Å². The zero-order chi connectivity index (χ0) is 21.4. The number of nitrogens with one attached hydrogen (secondary N) is 1. The summed E-state index contributed by atoms with van der Waals surface area (Å²) in [5, 5.41) is 12.7. The zero-order valence-electron chi connectivity index (χ0n) is 18.7. The molecule has 0 radical (unpaired) electrons. The maximum absolute atomic E-state index is 12.5. The zero-order valence-corrected chi connectivity index (χ0v) is 18.7. The Morgan fingerprint density at radius 2 is 1.87 bits per heavy atom. The number of rotatable bonds is 3. The number of carbonyl (C=O) groups excluding carboxylic acids is 1. The number of aromatic nitrogens is 2. The fourth-order valence-corrected chi connectivity index (χ4v) is 4.85. The van der Waals surface area contributed by atoms with Crippen molar-refractivity contribution >= 4 is 18.0 Å². The molecule has 3 aliphatic heterocycles. The number of H-pyrrole nitrogens is 1. The van der Waals surface area contributed by atoms with Crippen molar-refractivity contribution in [3.63, 3.8) is 0 Å². The van der Waals surface area contributed by atoms with Crippen LogP contribution in [0.2, 0.25) is 0 Å². The molecule has 0 spiro atoms. The quantitative estimate of drug-likeness (QED) is 0.768. The van der Waals surface area contributed by atoms with Crippen LogP contribution in [0.5, 0.6) is 0 Å². The Hall–Kier alpha value is -2.19. The summed E-state index contributed by atoms with van der Waals surface area (Å²) in [6, 6.07) is 0.279. The van der Waals surface area contributed by atoms with E-state index in [1.54, 1.807) is 0 Å². The number of quaternary nitrogens is 1. The van der Waals surface area contributed by atoms with Crippen molar-refractivity contribution in [1.82, 2.24) is 24.6 Å². The van der Waals surface area contributed by atoms with Gasteiger partial charge in [0.15, 0.2) is 0 Å². The van der Waals surface area contributed by atoms with Crippen molar-refractivity contribution in [3.8, 4) is 0 Å². The topological polar surface area (TPSA) is 73.8 Å². The Labute approximate surface area is 179 Å². The van der Waals surface area contributed by atoms with Crippen LogP contribution in [0.3, 0.4) is 0 Å². The van der Waals surface area contributed by atoms with Gasteiger partial charge in [-0.2, -0.15) is 5.10 Å². The molecule has 1 amide bonds. The first kappa shape index (κ1) is 21.1. The molecule has 4 heterocycles. The highest BCUT2D eigenvalue weighted by Crippen LogP contribution is 2.41. The van der Waals surface area contributed by atoms with Gasteiger partial charge in [0.1, 0.15) is 29.7 Å². The molecule has 0 aliphatic carbocycles. The minimum absolute atomic E-state index is 0.219. The Balaban J connectivity index is 1.51. The average molecular weight is 416 g/mol. The van der Waals surface area contributed by atoms with Crippen LogP contribution in [0.4, 0.5) is 10.5 Å². The molecule has 30 heavy (non-hydrogen) atoms. The second kappa shape index (κ2) is 8.15.